The Kier molecular flexibility index (Phi) is 4.75. The quantitative estimate of drug-likeness (QED) is 0.713. The van der Waals surface area contributed by atoms with E-state index in [-0.39, 0.29) is 17.8 Å². The Hall–Kier alpha value is -1.01. The normalized spacial score (nSPS) is 10.8. The van der Waals surface area contributed by atoms with Gasteiger partial charge in [-0.3, -0.25) is 9.48 Å². The monoisotopic (exact) mass is 402 g/mol. The Morgan fingerprint density at radius 1 is 1.40 bits per heavy atom. The third-order valence-corrected chi connectivity index (χ3v) is 4.53. The summed E-state index contributed by atoms with van der Waals surface area (Å²) >= 11 is 6.69. The van der Waals surface area contributed by atoms with E-state index in [0.29, 0.717) is 11.0 Å². The lowest BCUT2D eigenvalue weighted by atomic mass is 10.1. The number of carbonyl (C=O) groups excluding carboxylic acids is 1. The Labute approximate surface area is 133 Å². The second-order valence-corrected chi connectivity index (χ2v) is 6.09. The van der Waals surface area contributed by atoms with Gasteiger partial charge >= 0.3 is 0 Å². The van der Waals surface area contributed by atoms with Crippen LogP contribution in [0, 0.1) is 12.7 Å². The predicted molar refractivity (Wildman–Crippen MR) is 82.5 cm³/mol. The van der Waals surface area contributed by atoms with Gasteiger partial charge in [-0.2, -0.15) is 5.10 Å². The largest absolute Gasteiger partial charge is 0.294 e. The molecule has 0 saturated carbocycles. The minimum absolute atomic E-state index is 0.0905. The molecule has 1 aromatic heterocycles. The van der Waals surface area contributed by atoms with Gasteiger partial charge in [0.05, 0.1) is 27.8 Å². The fourth-order valence-electron chi connectivity index (χ4n) is 2.00. The third-order valence-electron chi connectivity index (χ3n) is 3.01. The van der Waals surface area contributed by atoms with Crippen LogP contribution in [0.25, 0.3) is 0 Å². The molecule has 0 aliphatic heterocycles. The summed E-state index contributed by atoms with van der Waals surface area (Å²) in [6, 6.07) is 4.36. The number of nitrogens with zero attached hydrogens (tertiary/aromatic N) is 2. The van der Waals surface area contributed by atoms with Gasteiger partial charge in [0.2, 0.25) is 0 Å². The van der Waals surface area contributed by atoms with Crippen LogP contribution in [-0.2, 0) is 13.0 Å². The van der Waals surface area contributed by atoms with Crippen molar-refractivity contribution in [3.05, 3.63) is 49.9 Å². The molecule has 106 valence electrons. The van der Waals surface area contributed by atoms with Crippen molar-refractivity contribution in [3.8, 4) is 0 Å². The summed E-state index contributed by atoms with van der Waals surface area (Å²) in [5.74, 6) is -0.771. The van der Waals surface area contributed by atoms with Crippen molar-refractivity contribution in [2.24, 2.45) is 0 Å². The maximum absolute atomic E-state index is 13.7. The standard InChI is InChI=1S/C14H13Br2FN2O/c1-3-19-12(14(16)8(2)18-19)7-13(20)10-6-9(15)4-5-11(10)17/h4-6H,3,7H2,1-2H3. The zero-order valence-electron chi connectivity index (χ0n) is 11.1. The molecule has 0 N–H and O–H groups in total. The van der Waals surface area contributed by atoms with Gasteiger partial charge < -0.3 is 0 Å². The first-order valence-corrected chi connectivity index (χ1v) is 7.72. The van der Waals surface area contributed by atoms with Crippen LogP contribution in [-0.4, -0.2) is 15.6 Å². The summed E-state index contributed by atoms with van der Waals surface area (Å²) in [4.78, 5) is 12.3. The second kappa shape index (κ2) is 6.18. The van der Waals surface area contributed by atoms with Gasteiger partial charge in [-0.25, -0.2) is 4.39 Å². The average molecular weight is 404 g/mol. The molecule has 0 aliphatic rings. The van der Waals surface area contributed by atoms with Crippen LogP contribution >= 0.6 is 31.9 Å². The Morgan fingerprint density at radius 3 is 2.75 bits per heavy atom. The Balaban J connectivity index is 2.35. The SMILES string of the molecule is CCn1nc(C)c(Br)c1CC(=O)c1cc(Br)ccc1F. The molecular weight excluding hydrogens is 391 g/mol. The summed E-state index contributed by atoms with van der Waals surface area (Å²) in [5.41, 5.74) is 1.69. The molecule has 0 amide bonds. The fourth-order valence-corrected chi connectivity index (χ4v) is 2.78. The molecular formula is C14H13Br2FN2O. The van der Waals surface area contributed by atoms with Gasteiger partial charge in [0, 0.05) is 11.0 Å². The minimum Gasteiger partial charge on any atom is -0.294 e. The molecule has 0 aliphatic carbocycles. The first-order chi connectivity index (χ1) is 9.43. The molecule has 1 aromatic carbocycles. The topological polar surface area (TPSA) is 34.9 Å². The van der Waals surface area contributed by atoms with E-state index < -0.39 is 5.82 Å². The molecule has 0 fully saturated rings. The van der Waals surface area contributed by atoms with Crippen molar-refractivity contribution < 1.29 is 9.18 Å². The number of ketones is 1. The summed E-state index contributed by atoms with van der Waals surface area (Å²) < 4.78 is 17.0. The smallest absolute Gasteiger partial charge is 0.171 e. The maximum atomic E-state index is 13.7. The van der Waals surface area contributed by atoms with Gasteiger partial charge in [0.15, 0.2) is 5.78 Å². The number of aromatic nitrogens is 2. The van der Waals surface area contributed by atoms with Gasteiger partial charge in [-0.15, -0.1) is 0 Å². The molecule has 0 bridgehead atoms. The predicted octanol–water partition coefficient (Wildman–Crippen LogP) is 4.30. The van der Waals surface area contributed by atoms with E-state index in [0.717, 1.165) is 15.9 Å². The van der Waals surface area contributed by atoms with Crippen LogP contribution in [0.2, 0.25) is 0 Å². The van der Waals surface area contributed by atoms with Crippen LogP contribution in [0.4, 0.5) is 4.39 Å². The summed E-state index contributed by atoms with van der Waals surface area (Å²) in [6.45, 7) is 4.48. The van der Waals surface area contributed by atoms with E-state index in [2.05, 4.69) is 37.0 Å². The molecule has 0 spiro atoms. The van der Waals surface area contributed by atoms with Crippen LogP contribution in [0.3, 0.4) is 0 Å². The van der Waals surface area contributed by atoms with Crippen molar-refractivity contribution in [1.29, 1.82) is 0 Å². The van der Waals surface area contributed by atoms with Crippen LogP contribution < -0.4 is 0 Å². The lowest BCUT2D eigenvalue weighted by Crippen LogP contribution is -2.11. The first kappa shape index (κ1) is 15.4. The number of halogens is 3. The molecule has 0 atom stereocenters. The highest BCUT2D eigenvalue weighted by Gasteiger charge is 2.19. The van der Waals surface area contributed by atoms with Crippen molar-refractivity contribution in [2.75, 3.05) is 0 Å². The average Bonchev–Trinajstić information content (AvgIpc) is 2.69. The van der Waals surface area contributed by atoms with Crippen LogP contribution in [0.5, 0.6) is 0 Å². The summed E-state index contributed by atoms with van der Waals surface area (Å²) in [6.07, 6.45) is 0.114. The molecule has 0 saturated heterocycles. The van der Waals surface area contributed by atoms with Crippen LogP contribution in [0.1, 0.15) is 28.7 Å². The summed E-state index contributed by atoms with van der Waals surface area (Å²) in [7, 11) is 0. The van der Waals surface area contributed by atoms with Crippen molar-refractivity contribution >= 4 is 37.6 Å². The molecule has 0 unspecified atom stereocenters. The van der Waals surface area contributed by atoms with Crippen molar-refractivity contribution in [2.45, 2.75) is 26.8 Å². The molecule has 2 rings (SSSR count). The number of benzene rings is 1. The Bertz CT molecular complexity index is 667. The summed E-state index contributed by atoms with van der Waals surface area (Å²) in [5, 5.41) is 4.33. The third kappa shape index (κ3) is 3.01. The molecule has 3 nitrogen and oxygen atoms in total. The number of carbonyl (C=O) groups is 1. The van der Waals surface area contributed by atoms with Crippen molar-refractivity contribution in [1.82, 2.24) is 9.78 Å². The molecule has 20 heavy (non-hydrogen) atoms. The number of Topliss-reactive ketones (excluding diaryl/α,β-unsaturated/α-hetero) is 1. The number of aryl methyl sites for hydroxylation is 2. The lowest BCUT2D eigenvalue weighted by molar-refractivity contribution is 0.0986. The Morgan fingerprint density at radius 2 is 2.10 bits per heavy atom. The van der Waals surface area contributed by atoms with Gasteiger partial charge in [-0.05, 0) is 48.0 Å². The van der Waals surface area contributed by atoms with E-state index in [4.69, 9.17) is 0 Å². The van der Waals surface area contributed by atoms with Crippen molar-refractivity contribution in [3.63, 3.8) is 0 Å². The lowest BCUT2D eigenvalue weighted by Gasteiger charge is -2.06. The van der Waals surface area contributed by atoms with E-state index in [1.165, 1.54) is 12.1 Å². The zero-order chi connectivity index (χ0) is 14.9. The maximum Gasteiger partial charge on any atom is 0.171 e. The molecule has 2 aromatic rings. The van der Waals surface area contributed by atoms with E-state index in [9.17, 15) is 9.18 Å². The number of rotatable bonds is 4. The van der Waals surface area contributed by atoms with E-state index in [1.54, 1.807) is 10.7 Å². The van der Waals surface area contributed by atoms with Gasteiger partial charge in [0.25, 0.3) is 0 Å². The zero-order valence-corrected chi connectivity index (χ0v) is 14.3. The number of hydrogen-bond donors (Lipinski definition) is 0. The molecule has 0 radical (unpaired) electrons. The number of hydrogen-bond acceptors (Lipinski definition) is 2. The fraction of sp³-hybridized carbons (Fsp3) is 0.286. The van der Waals surface area contributed by atoms with E-state index >= 15 is 0 Å². The highest BCUT2D eigenvalue weighted by atomic mass is 79.9. The minimum atomic E-state index is -0.506. The first-order valence-electron chi connectivity index (χ1n) is 6.14. The molecule has 1 heterocycles. The highest BCUT2D eigenvalue weighted by molar-refractivity contribution is 9.10. The van der Waals surface area contributed by atoms with E-state index in [1.807, 2.05) is 13.8 Å². The second-order valence-electron chi connectivity index (χ2n) is 4.39. The van der Waals surface area contributed by atoms with Crippen LogP contribution in [0.15, 0.2) is 27.1 Å². The molecule has 6 heteroatoms. The van der Waals surface area contributed by atoms with Gasteiger partial charge in [0.1, 0.15) is 5.82 Å². The highest BCUT2D eigenvalue weighted by Crippen LogP contribution is 2.24. The van der Waals surface area contributed by atoms with Gasteiger partial charge in [-0.1, -0.05) is 15.9 Å².